The molecule has 0 aliphatic carbocycles. The van der Waals surface area contributed by atoms with Crippen molar-refractivity contribution < 1.29 is 13.9 Å². The molecule has 1 heterocycles. The Labute approximate surface area is 118 Å². The summed E-state index contributed by atoms with van der Waals surface area (Å²) in [6.07, 6.45) is 1.10. The van der Waals surface area contributed by atoms with Crippen molar-refractivity contribution in [3.63, 3.8) is 0 Å². The second-order valence-electron chi connectivity index (χ2n) is 4.43. The maximum Gasteiger partial charge on any atom is 0.396 e. The molecule has 5 heteroatoms. The summed E-state index contributed by atoms with van der Waals surface area (Å²) in [5.74, 6) is 0.205. The predicted octanol–water partition coefficient (Wildman–Crippen LogP) is 3.71. The SMILES string of the molecule is CCCC(=O)Oc1cc2sc(=O)oc2c2ccccc12. The molecule has 0 saturated heterocycles. The summed E-state index contributed by atoms with van der Waals surface area (Å²) in [6, 6.07) is 9.11. The van der Waals surface area contributed by atoms with E-state index in [4.69, 9.17) is 9.15 Å². The summed E-state index contributed by atoms with van der Waals surface area (Å²) in [4.78, 5) is 22.7. The average molecular weight is 288 g/mol. The van der Waals surface area contributed by atoms with Gasteiger partial charge in [0, 0.05) is 23.3 Å². The molecule has 0 fully saturated rings. The van der Waals surface area contributed by atoms with Crippen LogP contribution >= 0.6 is 11.3 Å². The van der Waals surface area contributed by atoms with Crippen LogP contribution in [-0.4, -0.2) is 5.97 Å². The molecule has 1 aromatic heterocycles. The van der Waals surface area contributed by atoms with Gasteiger partial charge in [-0.3, -0.25) is 4.79 Å². The molecule has 2 aromatic carbocycles. The summed E-state index contributed by atoms with van der Waals surface area (Å²) >= 11 is 1.01. The number of carbonyl (C=O) groups excluding carboxylic acids is 1. The predicted molar refractivity (Wildman–Crippen MR) is 78.4 cm³/mol. The van der Waals surface area contributed by atoms with Crippen molar-refractivity contribution >= 4 is 38.4 Å². The Kier molecular flexibility index (Phi) is 3.28. The molecule has 0 spiro atoms. The smallest absolute Gasteiger partial charge is 0.396 e. The number of fused-ring (bicyclic) bond motifs is 3. The highest BCUT2D eigenvalue weighted by molar-refractivity contribution is 7.16. The Morgan fingerprint density at radius 3 is 2.80 bits per heavy atom. The lowest BCUT2D eigenvalue weighted by atomic mass is 10.1. The van der Waals surface area contributed by atoms with Crippen molar-refractivity contribution in [3.05, 3.63) is 40.1 Å². The number of esters is 1. The van der Waals surface area contributed by atoms with Gasteiger partial charge in [0.05, 0.1) is 4.70 Å². The maximum absolute atomic E-state index is 11.7. The zero-order chi connectivity index (χ0) is 14.1. The van der Waals surface area contributed by atoms with Crippen molar-refractivity contribution in [1.29, 1.82) is 0 Å². The van der Waals surface area contributed by atoms with Crippen LogP contribution in [0.2, 0.25) is 0 Å². The van der Waals surface area contributed by atoms with Gasteiger partial charge in [0.1, 0.15) is 5.75 Å². The van der Waals surface area contributed by atoms with Gasteiger partial charge in [0.2, 0.25) is 0 Å². The summed E-state index contributed by atoms with van der Waals surface area (Å²) in [5.41, 5.74) is 0.547. The molecule has 0 bridgehead atoms. The Morgan fingerprint density at radius 1 is 1.30 bits per heavy atom. The van der Waals surface area contributed by atoms with E-state index in [1.54, 1.807) is 6.07 Å². The highest BCUT2D eigenvalue weighted by Crippen LogP contribution is 2.34. The highest BCUT2D eigenvalue weighted by Gasteiger charge is 2.14. The number of ether oxygens (including phenoxy) is 1. The zero-order valence-corrected chi connectivity index (χ0v) is 11.7. The Bertz CT molecular complexity index is 844. The van der Waals surface area contributed by atoms with Gasteiger partial charge >= 0.3 is 10.9 Å². The molecule has 0 radical (unpaired) electrons. The van der Waals surface area contributed by atoms with E-state index >= 15 is 0 Å². The van der Waals surface area contributed by atoms with Gasteiger partial charge in [-0.25, -0.2) is 4.79 Å². The molecule has 0 aliphatic heterocycles. The normalized spacial score (nSPS) is 11.1. The fourth-order valence-corrected chi connectivity index (χ4v) is 2.84. The molecule has 20 heavy (non-hydrogen) atoms. The molecule has 102 valence electrons. The van der Waals surface area contributed by atoms with Crippen molar-refractivity contribution in [2.45, 2.75) is 19.8 Å². The molecular weight excluding hydrogens is 276 g/mol. The fraction of sp³-hybridized carbons (Fsp3) is 0.200. The first-order valence-electron chi connectivity index (χ1n) is 6.35. The monoisotopic (exact) mass is 288 g/mol. The van der Waals surface area contributed by atoms with Gasteiger partial charge < -0.3 is 9.15 Å². The highest BCUT2D eigenvalue weighted by atomic mass is 32.1. The van der Waals surface area contributed by atoms with Crippen LogP contribution in [0.15, 0.2) is 39.5 Å². The molecule has 0 N–H and O–H groups in total. The number of benzene rings is 2. The molecule has 0 atom stereocenters. The van der Waals surface area contributed by atoms with E-state index in [2.05, 4.69) is 0 Å². The second-order valence-corrected chi connectivity index (χ2v) is 5.40. The number of rotatable bonds is 3. The molecular formula is C15H12O4S. The van der Waals surface area contributed by atoms with Crippen LogP contribution in [0, 0.1) is 0 Å². The van der Waals surface area contributed by atoms with Crippen LogP contribution in [-0.2, 0) is 4.79 Å². The van der Waals surface area contributed by atoms with E-state index in [1.165, 1.54) is 0 Å². The standard InChI is InChI=1S/C15H12O4S/c1-2-5-13(16)18-11-8-12-14(19-15(17)20-12)10-7-4-3-6-9(10)11/h3-4,6-8H,2,5H2,1H3. The molecule has 0 saturated carbocycles. The van der Waals surface area contributed by atoms with Crippen molar-refractivity contribution in [3.8, 4) is 5.75 Å². The second kappa shape index (κ2) is 5.09. The van der Waals surface area contributed by atoms with E-state index in [0.717, 1.165) is 28.5 Å². The van der Waals surface area contributed by atoms with E-state index in [1.807, 2.05) is 31.2 Å². The minimum atomic E-state index is -0.359. The molecule has 0 amide bonds. The van der Waals surface area contributed by atoms with Crippen LogP contribution in [0.1, 0.15) is 19.8 Å². The number of hydrogen-bond acceptors (Lipinski definition) is 5. The average Bonchev–Trinajstić information content (AvgIpc) is 2.80. The minimum Gasteiger partial charge on any atom is -0.426 e. The van der Waals surface area contributed by atoms with Gasteiger partial charge in [-0.05, 0) is 6.42 Å². The van der Waals surface area contributed by atoms with E-state index in [9.17, 15) is 9.59 Å². The van der Waals surface area contributed by atoms with Crippen LogP contribution in [0.4, 0.5) is 0 Å². The Hall–Kier alpha value is -2.14. The Morgan fingerprint density at radius 2 is 2.05 bits per heavy atom. The van der Waals surface area contributed by atoms with E-state index < -0.39 is 0 Å². The summed E-state index contributed by atoms with van der Waals surface area (Å²) < 4.78 is 11.3. The molecule has 3 rings (SSSR count). The van der Waals surface area contributed by atoms with Crippen LogP contribution in [0.3, 0.4) is 0 Å². The summed E-state index contributed by atoms with van der Waals surface area (Å²) in [5, 5.41) is 1.55. The van der Waals surface area contributed by atoms with Crippen molar-refractivity contribution in [1.82, 2.24) is 0 Å². The van der Waals surface area contributed by atoms with Crippen molar-refractivity contribution in [2.75, 3.05) is 0 Å². The molecule has 3 aromatic rings. The number of hydrogen-bond donors (Lipinski definition) is 0. The first-order chi connectivity index (χ1) is 9.69. The lowest BCUT2D eigenvalue weighted by Crippen LogP contribution is -2.07. The molecule has 0 aliphatic rings. The fourth-order valence-electron chi connectivity index (χ4n) is 2.13. The quantitative estimate of drug-likeness (QED) is 0.544. The van der Waals surface area contributed by atoms with Gasteiger partial charge in [-0.15, -0.1) is 0 Å². The van der Waals surface area contributed by atoms with Gasteiger partial charge in [-0.2, -0.15) is 0 Å². The third-order valence-electron chi connectivity index (χ3n) is 2.98. The lowest BCUT2D eigenvalue weighted by Gasteiger charge is -2.07. The number of carbonyl (C=O) groups is 1. The van der Waals surface area contributed by atoms with Crippen LogP contribution in [0.5, 0.6) is 5.75 Å². The maximum atomic E-state index is 11.7. The van der Waals surface area contributed by atoms with E-state index in [0.29, 0.717) is 22.5 Å². The topological polar surface area (TPSA) is 56.5 Å². The van der Waals surface area contributed by atoms with E-state index in [-0.39, 0.29) is 10.9 Å². The third-order valence-corrected chi connectivity index (χ3v) is 3.75. The third kappa shape index (κ3) is 2.20. The summed E-state index contributed by atoms with van der Waals surface area (Å²) in [7, 11) is 0. The first kappa shape index (κ1) is 12.9. The van der Waals surface area contributed by atoms with Crippen LogP contribution in [0.25, 0.3) is 21.1 Å². The van der Waals surface area contributed by atoms with Crippen molar-refractivity contribution in [2.24, 2.45) is 0 Å². The van der Waals surface area contributed by atoms with Gasteiger partial charge in [0.25, 0.3) is 0 Å². The lowest BCUT2D eigenvalue weighted by molar-refractivity contribution is -0.134. The van der Waals surface area contributed by atoms with Crippen LogP contribution < -0.4 is 9.68 Å². The summed E-state index contributed by atoms with van der Waals surface area (Å²) in [6.45, 7) is 1.92. The minimum absolute atomic E-state index is 0.271. The Balaban J connectivity index is 2.23. The van der Waals surface area contributed by atoms with Gasteiger partial charge in [-0.1, -0.05) is 42.5 Å². The molecule has 0 unspecified atom stereocenters. The first-order valence-corrected chi connectivity index (χ1v) is 7.16. The molecule has 4 nitrogen and oxygen atoms in total. The zero-order valence-electron chi connectivity index (χ0n) is 10.8. The van der Waals surface area contributed by atoms with Gasteiger partial charge in [0.15, 0.2) is 5.58 Å². The largest absolute Gasteiger partial charge is 0.426 e.